The number of thiazole rings is 1. The van der Waals surface area contributed by atoms with Gasteiger partial charge in [-0.25, -0.2) is 13.8 Å². The quantitative estimate of drug-likeness (QED) is 0.688. The number of halogens is 4. The first-order valence-corrected chi connectivity index (χ1v) is 8.54. The van der Waals surface area contributed by atoms with Gasteiger partial charge in [-0.15, -0.1) is 11.3 Å². The SMILES string of the molecule is CNC(=O)c1c(C)sc2nc(Cc3cccc(C(F)(F)F)c3F)cc(=O)n12. The third-order valence-electron chi connectivity index (χ3n) is 3.94. The molecular weight excluding hydrogens is 386 g/mol. The molecule has 1 aromatic carbocycles. The maximum atomic E-state index is 14.2. The Kier molecular flexibility index (Phi) is 4.77. The van der Waals surface area contributed by atoms with Gasteiger partial charge in [0, 0.05) is 24.4 Å². The van der Waals surface area contributed by atoms with E-state index < -0.39 is 29.0 Å². The summed E-state index contributed by atoms with van der Waals surface area (Å²) in [4.78, 5) is 29.4. The van der Waals surface area contributed by atoms with Crippen LogP contribution in [0.15, 0.2) is 29.1 Å². The van der Waals surface area contributed by atoms with Crippen molar-refractivity contribution in [3.8, 4) is 0 Å². The van der Waals surface area contributed by atoms with Gasteiger partial charge in [-0.05, 0) is 18.6 Å². The van der Waals surface area contributed by atoms with Gasteiger partial charge in [0.2, 0.25) is 0 Å². The zero-order valence-electron chi connectivity index (χ0n) is 14.1. The summed E-state index contributed by atoms with van der Waals surface area (Å²) in [6.07, 6.45) is -5.10. The lowest BCUT2D eigenvalue weighted by Crippen LogP contribution is -2.25. The smallest absolute Gasteiger partial charge is 0.354 e. The van der Waals surface area contributed by atoms with Crippen LogP contribution in [-0.2, 0) is 12.6 Å². The molecule has 0 fully saturated rings. The van der Waals surface area contributed by atoms with Gasteiger partial charge in [0.15, 0.2) is 4.96 Å². The maximum Gasteiger partial charge on any atom is 0.419 e. The molecule has 0 radical (unpaired) electrons. The van der Waals surface area contributed by atoms with E-state index >= 15 is 0 Å². The van der Waals surface area contributed by atoms with E-state index in [0.717, 1.165) is 27.9 Å². The molecule has 3 rings (SSSR count). The average molecular weight is 399 g/mol. The summed E-state index contributed by atoms with van der Waals surface area (Å²) in [6, 6.07) is 4.06. The van der Waals surface area contributed by atoms with E-state index in [-0.39, 0.29) is 28.3 Å². The lowest BCUT2D eigenvalue weighted by Gasteiger charge is -2.11. The number of carbonyl (C=O) groups excluding carboxylic acids is 1. The van der Waals surface area contributed by atoms with Crippen molar-refractivity contribution in [3.05, 3.63) is 67.8 Å². The normalized spacial score (nSPS) is 11.8. The Morgan fingerprint density at radius 3 is 2.67 bits per heavy atom. The summed E-state index contributed by atoms with van der Waals surface area (Å²) >= 11 is 1.09. The number of hydrogen-bond donors (Lipinski definition) is 1. The number of nitrogens with zero attached hydrogens (tertiary/aromatic N) is 2. The van der Waals surface area contributed by atoms with E-state index in [1.807, 2.05) is 0 Å². The second kappa shape index (κ2) is 6.76. The molecule has 0 bridgehead atoms. The number of alkyl halides is 3. The Bertz CT molecular complexity index is 1100. The van der Waals surface area contributed by atoms with Crippen molar-refractivity contribution in [2.45, 2.75) is 19.5 Å². The van der Waals surface area contributed by atoms with Gasteiger partial charge < -0.3 is 5.32 Å². The van der Waals surface area contributed by atoms with Crippen LogP contribution in [0.5, 0.6) is 0 Å². The van der Waals surface area contributed by atoms with Crippen LogP contribution in [-0.4, -0.2) is 22.3 Å². The van der Waals surface area contributed by atoms with Crippen molar-refractivity contribution in [1.82, 2.24) is 14.7 Å². The fourth-order valence-electron chi connectivity index (χ4n) is 2.72. The summed E-state index contributed by atoms with van der Waals surface area (Å²) in [5.41, 5.74) is -1.90. The highest BCUT2D eigenvalue weighted by Crippen LogP contribution is 2.32. The van der Waals surface area contributed by atoms with E-state index in [1.165, 1.54) is 13.1 Å². The number of hydrogen-bond acceptors (Lipinski definition) is 4. The Balaban J connectivity index is 2.08. The third kappa shape index (κ3) is 3.44. The minimum Gasteiger partial charge on any atom is -0.354 e. The van der Waals surface area contributed by atoms with Gasteiger partial charge in [0.1, 0.15) is 11.5 Å². The van der Waals surface area contributed by atoms with Crippen LogP contribution in [0, 0.1) is 12.7 Å². The van der Waals surface area contributed by atoms with Crippen LogP contribution in [0.25, 0.3) is 4.96 Å². The molecule has 0 aliphatic rings. The minimum absolute atomic E-state index is 0.114. The van der Waals surface area contributed by atoms with E-state index in [4.69, 9.17) is 0 Å². The van der Waals surface area contributed by atoms with Crippen LogP contribution in [0.3, 0.4) is 0 Å². The summed E-state index contributed by atoms with van der Waals surface area (Å²) < 4.78 is 53.9. The predicted molar refractivity (Wildman–Crippen MR) is 91.7 cm³/mol. The predicted octanol–water partition coefficient (Wildman–Crippen LogP) is 3.17. The molecule has 2 aromatic heterocycles. The third-order valence-corrected chi connectivity index (χ3v) is 4.90. The topological polar surface area (TPSA) is 63.5 Å². The van der Waals surface area contributed by atoms with Crippen molar-refractivity contribution >= 4 is 22.2 Å². The molecule has 0 spiro atoms. The standard InChI is InChI=1S/C17H13F4N3O2S/c1-8-14(15(26)22-2)24-12(25)7-10(23-16(24)27-8)6-9-4-3-5-11(13(9)18)17(19,20)21/h3-5,7H,6H2,1-2H3,(H,22,26). The molecule has 0 saturated heterocycles. The van der Waals surface area contributed by atoms with E-state index in [1.54, 1.807) is 6.92 Å². The molecule has 3 aromatic rings. The molecule has 0 aliphatic carbocycles. The van der Waals surface area contributed by atoms with E-state index in [0.29, 0.717) is 10.9 Å². The highest BCUT2D eigenvalue weighted by atomic mass is 32.1. The van der Waals surface area contributed by atoms with Gasteiger partial charge in [-0.3, -0.25) is 9.59 Å². The highest BCUT2D eigenvalue weighted by Gasteiger charge is 2.34. The van der Waals surface area contributed by atoms with Gasteiger partial charge in [-0.2, -0.15) is 13.2 Å². The van der Waals surface area contributed by atoms with Crippen LogP contribution in [0.1, 0.15) is 32.2 Å². The minimum atomic E-state index is -4.82. The van der Waals surface area contributed by atoms with E-state index in [2.05, 4.69) is 10.3 Å². The number of rotatable bonds is 3. The lowest BCUT2D eigenvalue weighted by atomic mass is 10.0. The van der Waals surface area contributed by atoms with Crippen molar-refractivity contribution in [2.24, 2.45) is 0 Å². The molecule has 5 nitrogen and oxygen atoms in total. The zero-order chi connectivity index (χ0) is 19.9. The monoisotopic (exact) mass is 399 g/mol. The average Bonchev–Trinajstić information content (AvgIpc) is 2.91. The molecule has 0 atom stereocenters. The maximum absolute atomic E-state index is 14.2. The Labute approximate surface area is 154 Å². The summed E-state index contributed by atoms with van der Waals surface area (Å²) in [5.74, 6) is -1.85. The molecular formula is C17H13F4N3O2S. The molecule has 0 aliphatic heterocycles. The number of carbonyl (C=O) groups is 1. The number of nitrogens with one attached hydrogen (secondary N) is 1. The number of benzene rings is 1. The first-order chi connectivity index (χ1) is 12.6. The van der Waals surface area contributed by atoms with Crippen molar-refractivity contribution in [1.29, 1.82) is 0 Å². The Hall–Kier alpha value is -2.75. The lowest BCUT2D eigenvalue weighted by molar-refractivity contribution is -0.140. The Morgan fingerprint density at radius 1 is 1.33 bits per heavy atom. The second-order valence-corrected chi connectivity index (χ2v) is 6.92. The summed E-state index contributed by atoms with van der Waals surface area (Å²) in [6.45, 7) is 1.65. The summed E-state index contributed by atoms with van der Waals surface area (Å²) in [5, 5.41) is 2.43. The molecule has 142 valence electrons. The van der Waals surface area contributed by atoms with Crippen LogP contribution >= 0.6 is 11.3 Å². The largest absolute Gasteiger partial charge is 0.419 e. The van der Waals surface area contributed by atoms with Crippen molar-refractivity contribution in [2.75, 3.05) is 7.05 Å². The van der Waals surface area contributed by atoms with E-state index in [9.17, 15) is 27.2 Å². The number of amides is 1. The van der Waals surface area contributed by atoms with Crippen LogP contribution in [0.2, 0.25) is 0 Å². The highest BCUT2D eigenvalue weighted by molar-refractivity contribution is 7.17. The first-order valence-electron chi connectivity index (χ1n) is 7.72. The fraction of sp³-hybridized carbons (Fsp3) is 0.235. The number of fused-ring (bicyclic) bond motifs is 1. The molecule has 0 unspecified atom stereocenters. The van der Waals surface area contributed by atoms with Crippen molar-refractivity contribution < 1.29 is 22.4 Å². The zero-order valence-corrected chi connectivity index (χ0v) is 15.0. The van der Waals surface area contributed by atoms with Crippen LogP contribution < -0.4 is 10.9 Å². The van der Waals surface area contributed by atoms with Gasteiger partial charge >= 0.3 is 6.18 Å². The molecule has 10 heteroatoms. The first kappa shape index (κ1) is 19.0. The van der Waals surface area contributed by atoms with Gasteiger partial charge in [0.25, 0.3) is 11.5 Å². The summed E-state index contributed by atoms with van der Waals surface area (Å²) in [7, 11) is 1.43. The van der Waals surface area contributed by atoms with Gasteiger partial charge in [0.05, 0.1) is 11.3 Å². The molecule has 0 saturated carbocycles. The van der Waals surface area contributed by atoms with Crippen molar-refractivity contribution in [3.63, 3.8) is 0 Å². The number of aromatic nitrogens is 2. The molecule has 1 amide bonds. The molecule has 1 N–H and O–H groups in total. The fourth-order valence-corrected chi connectivity index (χ4v) is 3.71. The van der Waals surface area contributed by atoms with Crippen LogP contribution in [0.4, 0.5) is 17.6 Å². The Morgan fingerprint density at radius 2 is 2.04 bits per heavy atom. The molecule has 27 heavy (non-hydrogen) atoms. The number of aryl methyl sites for hydroxylation is 1. The second-order valence-electron chi connectivity index (χ2n) is 5.74. The van der Waals surface area contributed by atoms with Gasteiger partial charge in [-0.1, -0.05) is 12.1 Å². The molecule has 2 heterocycles.